The predicted octanol–water partition coefficient (Wildman–Crippen LogP) is 5.15. The van der Waals surface area contributed by atoms with Gasteiger partial charge in [0.15, 0.2) is 8.32 Å². The summed E-state index contributed by atoms with van der Waals surface area (Å²) in [4.78, 5) is 2.75. The molecule has 0 fully saturated rings. The van der Waals surface area contributed by atoms with Crippen LogP contribution in [-0.2, 0) is 11.0 Å². The van der Waals surface area contributed by atoms with Crippen LogP contribution in [0.5, 0.6) is 0 Å². The summed E-state index contributed by atoms with van der Waals surface area (Å²) in [5.74, 6) is 0. The highest BCUT2D eigenvalue weighted by Gasteiger charge is 2.36. The molecule has 0 aliphatic heterocycles. The maximum atomic E-state index is 8.33. The first-order valence-corrected chi connectivity index (χ1v) is 8.95. The lowest BCUT2D eigenvalue weighted by atomic mass is 10.2. The van der Waals surface area contributed by atoms with Crippen LogP contribution in [-0.4, -0.2) is 8.32 Å². The van der Waals surface area contributed by atoms with E-state index < -0.39 is 8.32 Å². The van der Waals surface area contributed by atoms with E-state index in [0.29, 0.717) is 12.3 Å². The zero-order valence-electron chi connectivity index (χ0n) is 11.8. The Morgan fingerprint density at radius 2 is 1.78 bits per heavy atom. The molecule has 1 rings (SSSR count). The van der Waals surface area contributed by atoms with Gasteiger partial charge in [0.1, 0.15) is 0 Å². The summed E-state index contributed by atoms with van der Waals surface area (Å²) >= 11 is 0. The number of nitrogens with zero attached hydrogens (tertiary/aromatic N) is 3. The van der Waals surface area contributed by atoms with Crippen LogP contribution in [0.2, 0.25) is 18.1 Å². The lowest BCUT2D eigenvalue weighted by Crippen LogP contribution is -2.40. The van der Waals surface area contributed by atoms with Gasteiger partial charge in [-0.1, -0.05) is 50.2 Å². The van der Waals surface area contributed by atoms with Crippen LogP contribution < -0.4 is 0 Å². The third-order valence-corrected chi connectivity index (χ3v) is 7.98. The first-order valence-electron chi connectivity index (χ1n) is 6.04. The van der Waals surface area contributed by atoms with E-state index in [1.54, 1.807) is 0 Å². The van der Waals surface area contributed by atoms with Crippen LogP contribution in [0.25, 0.3) is 10.4 Å². The van der Waals surface area contributed by atoms with Crippen LogP contribution >= 0.6 is 0 Å². The lowest BCUT2D eigenvalue weighted by Gasteiger charge is -2.36. The van der Waals surface area contributed by atoms with E-state index in [1.165, 1.54) is 0 Å². The fourth-order valence-electron chi connectivity index (χ4n) is 1.19. The van der Waals surface area contributed by atoms with Gasteiger partial charge in [-0.15, -0.1) is 0 Å². The molecule has 1 aromatic rings. The fraction of sp³-hybridized carbons (Fsp3) is 0.538. The Kier molecular flexibility index (Phi) is 4.57. The molecule has 0 heterocycles. The Balaban J connectivity index is 2.67. The molecule has 0 bridgehead atoms. The van der Waals surface area contributed by atoms with Gasteiger partial charge in [-0.3, -0.25) is 0 Å². The molecule has 0 atom stereocenters. The normalized spacial score (nSPS) is 12.1. The second-order valence-electron chi connectivity index (χ2n) is 5.90. The quantitative estimate of drug-likeness (QED) is 0.321. The molecule has 0 radical (unpaired) electrons. The van der Waals surface area contributed by atoms with Gasteiger partial charge < -0.3 is 4.43 Å². The average Bonchev–Trinajstić information content (AvgIpc) is 2.27. The Morgan fingerprint density at radius 3 is 2.22 bits per heavy atom. The standard InChI is InChI=1S/C13H21N3OSi/c1-13(2,3)18(4,5)17-10-11-6-8-12(9-7-11)15-16-14/h6-9H,10H2,1-5H3. The Hall–Kier alpha value is -1.29. The molecule has 0 unspecified atom stereocenters. The fourth-order valence-corrected chi connectivity index (χ4v) is 2.15. The van der Waals surface area contributed by atoms with E-state index in [4.69, 9.17) is 9.96 Å². The van der Waals surface area contributed by atoms with Gasteiger partial charge in [-0.2, -0.15) is 0 Å². The van der Waals surface area contributed by atoms with E-state index in [9.17, 15) is 0 Å². The minimum Gasteiger partial charge on any atom is -0.413 e. The second kappa shape index (κ2) is 5.57. The van der Waals surface area contributed by atoms with Crippen molar-refractivity contribution in [1.29, 1.82) is 0 Å². The first-order chi connectivity index (χ1) is 8.26. The molecule has 1 aromatic carbocycles. The van der Waals surface area contributed by atoms with Crippen molar-refractivity contribution in [2.75, 3.05) is 0 Å². The van der Waals surface area contributed by atoms with Crippen molar-refractivity contribution in [3.8, 4) is 0 Å². The van der Waals surface area contributed by atoms with Gasteiger partial charge in [-0.05, 0) is 29.2 Å². The minimum absolute atomic E-state index is 0.220. The molecule has 0 N–H and O–H groups in total. The highest BCUT2D eigenvalue weighted by Crippen LogP contribution is 2.37. The number of hydrogen-bond donors (Lipinski definition) is 0. The van der Waals surface area contributed by atoms with Crippen molar-refractivity contribution in [2.24, 2.45) is 5.11 Å². The molecule has 0 spiro atoms. The smallest absolute Gasteiger partial charge is 0.192 e. The number of azide groups is 1. The summed E-state index contributed by atoms with van der Waals surface area (Å²) in [5, 5.41) is 3.76. The third-order valence-electron chi connectivity index (χ3n) is 3.50. The van der Waals surface area contributed by atoms with Crippen LogP contribution in [0.4, 0.5) is 5.69 Å². The van der Waals surface area contributed by atoms with Crippen molar-refractivity contribution in [1.82, 2.24) is 0 Å². The molecular formula is C13H21N3OSi. The Morgan fingerprint density at radius 1 is 1.22 bits per heavy atom. The molecule has 0 aromatic heterocycles. The van der Waals surface area contributed by atoms with Crippen molar-refractivity contribution >= 4 is 14.0 Å². The second-order valence-corrected chi connectivity index (χ2v) is 10.7. The molecule has 4 nitrogen and oxygen atoms in total. The van der Waals surface area contributed by atoms with Crippen molar-refractivity contribution in [2.45, 2.75) is 45.5 Å². The summed E-state index contributed by atoms with van der Waals surface area (Å²) in [7, 11) is -1.70. The molecule has 0 aliphatic rings. The van der Waals surface area contributed by atoms with Crippen LogP contribution in [0.3, 0.4) is 0 Å². The Bertz CT molecular complexity index is 442. The lowest BCUT2D eigenvalue weighted by molar-refractivity contribution is 0.276. The Labute approximate surface area is 110 Å². The molecule has 0 saturated carbocycles. The van der Waals surface area contributed by atoms with Crippen LogP contribution in [0.15, 0.2) is 29.4 Å². The van der Waals surface area contributed by atoms with E-state index in [2.05, 4.69) is 43.9 Å². The summed E-state index contributed by atoms with van der Waals surface area (Å²) < 4.78 is 6.12. The molecular weight excluding hydrogens is 242 g/mol. The molecule has 98 valence electrons. The highest BCUT2D eigenvalue weighted by molar-refractivity contribution is 6.74. The van der Waals surface area contributed by atoms with Crippen molar-refractivity contribution in [3.63, 3.8) is 0 Å². The van der Waals surface area contributed by atoms with Crippen molar-refractivity contribution < 1.29 is 4.43 Å². The topological polar surface area (TPSA) is 58.0 Å². The first kappa shape index (κ1) is 14.8. The van der Waals surface area contributed by atoms with Crippen molar-refractivity contribution in [3.05, 3.63) is 40.3 Å². The molecule has 0 amide bonds. The largest absolute Gasteiger partial charge is 0.413 e. The predicted molar refractivity (Wildman–Crippen MR) is 77.2 cm³/mol. The van der Waals surface area contributed by atoms with Crippen LogP contribution in [0, 0.1) is 0 Å². The number of rotatable bonds is 4. The number of benzene rings is 1. The van der Waals surface area contributed by atoms with Gasteiger partial charge in [0.25, 0.3) is 0 Å². The summed E-state index contributed by atoms with van der Waals surface area (Å²) in [6.45, 7) is 11.8. The summed E-state index contributed by atoms with van der Waals surface area (Å²) in [6.07, 6.45) is 0. The van der Waals surface area contributed by atoms with Gasteiger partial charge in [0.2, 0.25) is 0 Å². The number of hydrogen-bond acceptors (Lipinski definition) is 2. The zero-order valence-corrected chi connectivity index (χ0v) is 12.8. The van der Waals surface area contributed by atoms with Crippen LogP contribution in [0.1, 0.15) is 26.3 Å². The van der Waals surface area contributed by atoms with Gasteiger partial charge in [-0.25, -0.2) is 0 Å². The summed E-state index contributed by atoms with van der Waals surface area (Å²) in [5.41, 5.74) is 10.1. The van der Waals surface area contributed by atoms with Gasteiger partial charge in [0.05, 0.1) is 6.61 Å². The third kappa shape index (κ3) is 3.87. The highest BCUT2D eigenvalue weighted by atomic mass is 28.4. The van der Waals surface area contributed by atoms with Gasteiger partial charge in [0, 0.05) is 10.6 Å². The van der Waals surface area contributed by atoms with E-state index in [1.807, 2.05) is 24.3 Å². The molecule has 0 saturated heterocycles. The molecule has 18 heavy (non-hydrogen) atoms. The molecule has 0 aliphatic carbocycles. The maximum absolute atomic E-state index is 8.33. The molecule has 5 heteroatoms. The van der Waals surface area contributed by atoms with Gasteiger partial charge >= 0.3 is 0 Å². The summed E-state index contributed by atoms with van der Waals surface area (Å²) in [6, 6.07) is 7.50. The van der Waals surface area contributed by atoms with E-state index in [0.717, 1.165) is 5.56 Å². The monoisotopic (exact) mass is 263 g/mol. The maximum Gasteiger partial charge on any atom is 0.192 e. The average molecular weight is 263 g/mol. The van der Waals surface area contributed by atoms with E-state index >= 15 is 0 Å². The van der Waals surface area contributed by atoms with E-state index in [-0.39, 0.29) is 5.04 Å². The zero-order chi connectivity index (χ0) is 13.8. The minimum atomic E-state index is -1.70. The SMILES string of the molecule is CC(C)(C)[Si](C)(C)OCc1ccc(N=[N+]=[N-])cc1.